The van der Waals surface area contributed by atoms with Crippen LogP contribution in [-0.4, -0.2) is 5.91 Å². The molecular formula is C19H17Cl2N3O. The second kappa shape index (κ2) is 8.57. The Bertz CT molecular complexity index is 854. The summed E-state index contributed by atoms with van der Waals surface area (Å²) in [4.78, 5) is 12.4. The number of carbonyl (C=O) groups is 1. The summed E-state index contributed by atoms with van der Waals surface area (Å²) in [6.45, 7) is 4.08. The minimum atomic E-state index is -0.483. The molecule has 2 rings (SSSR count). The third kappa shape index (κ3) is 4.99. The van der Waals surface area contributed by atoms with Crippen LogP contribution in [0.1, 0.15) is 25.3 Å². The van der Waals surface area contributed by atoms with Gasteiger partial charge in [-0.15, -0.1) is 0 Å². The second-order valence-electron chi connectivity index (χ2n) is 5.64. The van der Waals surface area contributed by atoms with Crippen molar-refractivity contribution in [1.29, 1.82) is 5.26 Å². The molecule has 2 aromatic rings. The molecule has 1 amide bonds. The highest BCUT2D eigenvalue weighted by Crippen LogP contribution is 2.26. The molecule has 0 fully saturated rings. The fraction of sp³-hybridized carbons (Fsp3) is 0.158. The van der Waals surface area contributed by atoms with E-state index in [1.54, 1.807) is 18.2 Å². The summed E-state index contributed by atoms with van der Waals surface area (Å²) in [6, 6.07) is 14.4. The Kier molecular flexibility index (Phi) is 6.46. The molecule has 0 saturated carbocycles. The van der Waals surface area contributed by atoms with Gasteiger partial charge in [-0.05, 0) is 35.7 Å². The van der Waals surface area contributed by atoms with Crippen LogP contribution in [0.3, 0.4) is 0 Å². The molecule has 0 unspecified atom stereocenters. The van der Waals surface area contributed by atoms with Crippen LogP contribution in [0, 0.1) is 11.3 Å². The zero-order valence-corrected chi connectivity index (χ0v) is 15.3. The van der Waals surface area contributed by atoms with E-state index in [2.05, 4.69) is 10.6 Å². The molecule has 0 aromatic heterocycles. The Morgan fingerprint density at radius 1 is 1.16 bits per heavy atom. The van der Waals surface area contributed by atoms with Gasteiger partial charge in [0.2, 0.25) is 0 Å². The molecule has 25 heavy (non-hydrogen) atoms. The van der Waals surface area contributed by atoms with E-state index in [4.69, 9.17) is 23.2 Å². The van der Waals surface area contributed by atoms with Crippen molar-refractivity contribution >= 4 is 40.5 Å². The topological polar surface area (TPSA) is 64.9 Å². The van der Waals surface area contributed by atoms with Crippen LogP contribution in [0.15, 0.2) is 54.2 Å². The summed E-state index contributed by atoms with van der Waals surface area (Å²) in [7, 11) is 0. The number of hydrogen-bond donors (Lipinski definition) is 2. The third-order valence-electron chi connectivity index (χ3n) is 3.50. The van der Waals surface area contributed by atoms with E-state index in [1.807, 2.05) is 44.2 Å². The van der Waals surface area contributed by atoms with Gasteiger partial charge in [0.15, 0.2) is 0 Å². The number of carbonyl (C=O) groups excluding carboxylic acids is 1. The monoisotopic (exact) mass is 373 g/mol. The molecule has 0 atom stereocenters. The van der Waals surface area contributed by atoms with Gasteiger partial charge >= 0.3 is 0 Å². The molecule has 0 heterocycles. The van der Waals surface area contributed by atoms with Crippen molar-refractivity contribution in [1.82, 2.24) is 0 Å². The largest absolute Gasteiger partial charge is 0.360 e. The van der Waals surface area contributed by atoms with Crippen LogP contribution in [0.4, 0.5) is 11.4 Å². The lowest BCUT2D eigenvalue weighted by atomic mass is 10.0. The van der Waals surface area contributed by atoms with Gasteiger partial charge < -0.3 is 10.6 Å². The molecule has 0 aliphatic heterocycles. The summed E-state index contributed by atoms with van der Waals surface area (Å²) < 4.78 is 0. The summed E-state index contributed by atoms with van der Waals surface area (Å²) >= 11 is 11.8. The zero-order chi connectivity index (χ0) is 18.4. The molecule has 6 heteroatoms. The summed E-state index contributed by atoms with van der Waals surface area (Å²) in [6.07, 6.45) is 1.34. The number of nitrogens with zero attached hydrogens (tertiary/aromatic N) is 1. The lowest BCUT2D eigenvalue weighted by molar-refractivity contribution is -0.112. The molecule has 0 saturated heterocycles. The molecule has 0 spiro atoms. The summed E-state index contributed by atoms with van der Waals surface area (Å²) in [5.74, 6) is -0.233. The highest BCUT2D eigenvalue weighted by Gasteiger charge is 2.13. The number of rotatable bonds is 5. The molecule has 0 radical (unpaired) electrons. The van der Waals surface area contributed by atoms with Crippen molar-refractivity contribution in [2.45, 2.75) is 19.8 Å². The van der Waals surface area contributed by atoms with Gasteiger partial charge in [0, 0.05) is 17.6 Å². The SMILES string of the molecule is CC(C)c1ccccc1NC(=O)/C(C#N)=C\Nc1ccc(Cl)c(Cl)c1. The van der Waals surface area contributed by atoms with Crippen molar-refractivity contribution in [3.8, 4) is 6.07 Å². The smallest absolute Gasteiger partial charge is 0.267 e. The molecule has 0 bridgehead atoms. The summed E-state index contributed by atoms with van der Waals surface area (Å²) in [5, 5.41) is 15.7. The van der Waals surface area contributed by atoms with Crippen LogP contribution < -0.4 is 10.6 Å². The average molecular weight is 374 g/mol. The molecule has 128 valence electrons. The number of nitrogens with one attached hydrogen (secondary N) is 2. The van der Waals surface area contributed by atoms with Gasteiger partial charge in [-0.1, -0.05) is 55.2 Å². The van der Waals surface area contributed by atoms with Crippen LogP contribution in [0.2, 0.25) is 10.0 Å². The fourth-order valence-electron chi connectivity index (χ4n) is 2.19. The first-order chi connectivity index (χ1) is 11.9. The van der Waals surface area contributed by atoms with Crippen molar-refractivity contribution < 1.29 is 4.79 Å². The maximum absolute atomic E-state index is 12.4. The fourth-order valence-corrected chi connectivity index (χ4v) is 2.49. The summed E-state index contributed by atoms with van der Waals surface area (Å²) in [5.41, 5.74) is 2.27. The third-order valence-corrected chi connectivity index (χ3v) is 4.24. The Balaban J connectivity index is 2.16. The molecule has 0 aliphatic rings. The maximum atomic E-state index is 12.4. The number of hydrogen-bond acceptors (Lipinski definition) is 3. The number of para-hydroxylation sites is 1. The maximum Gasteiger partial charge on any atom is 0.267 e. The van der Waals surface area contributed by atoms with Crippen LogP contribution >= 0.6 is 23.2 Å². The zero-order valence-electron chi connectivity index (χ0n) is 13.8. The van der Waals surface area contributed by atoms with Crippen molar-refractivity contribution in [2.24, 2.45) is 0 Å². The normalized spacial score (nSPS) is 11.1. The van der Waals surface area contributed by atoms with Gasteiger partial charge in [0.05, 0.1) is 10.0 Å². The van der Waals surface area contributed by atoms with Crippen molar-refractivity contribution in [3.05, 3.63) is 69.8 Å². The Morgan fingerprint density at radius 2 is 1.88 bits per heavy atom. The average Bonchev–Trinajstić information content (AvgIpc) is 2.58. The molecule has 0 aliphatic carbocycles. The first-order valence-electron chi connectivity index (χ1n) is 7.64. The van der Waals surface area contributed by atoms with E-state index in [1.165, 1.54) is 6.20 Å². The van der Waals surface area contributed by atoms with Crippen LogP contribution in [-0.2, 0) is 4.79 Å². The Labute approximate surface area is 157 Å². The lowest BCUT2D eigenvalue weighted by Crippen LogP contribution is -2.16. The van der Waals surface area contributed by atoms with E-state index in [0.717, 1.165) is 5.56 Å². The number of amides is 1. The van der Waals surface area contributed by atoms with E-state index < -0.39 is 5.91 Å². The van der Waals surface area contributed by atoms with Crippen LogP contribution in [0.25, 0.3) is 0 Å². The van der Waals surface area contributed by atoms with Gasteiger partial charge in [-0.3, -0.25) is 4.79 Å². The van der Waals surface area contributed by atoms with E-state index in [0.29, 0.717) is 21.4 Å². The Hall–Kier alpha value is -2.48. The van der Waals surface area contributed by atoms with E-state index in [-0.39, 0.29) is 11.5 Å². The first kappa shape index (κ1) is 18.9. The molecular weight excluding hydrogens is 357 g/mol. The van der Waals surface area contributed by atoms with Gasteiger partial charge in [0.1, 0.15) is 11.6 Å². The standard InChI is InChI=1S/C19H17Cl2N3O/c1-12(2)15-5-3-4-6-18(15)24-19(25)13(10-22)11-23-14-7-8-16(20)17(21)9-14/h3-9,11-12,23H,1-2H3,(H,24,25)/b13-11-. The highest BCUT2D eigenvalue weighted by molar-refractivity contribution is 6.42. The number of nitriles is 1. The molecule has 2 aromatic carbocycles. The first-order valence-corrected chi connectivity index (χ1v) is 8.40. The predicted molar refractivity (Wildman–Crippen MR) is 103 cm³/mol. The predicted octanol–water partition coefficient (Wildman–Crippen LogP) is 5.57. The van der Waals surface area contributed by atoms with Crippen molar-refractivity contribution in [3.63, 3.8) is 0 Å². The second-order valence-corrected chi connectivity index (χ2v) is 6.45. The Morgan fingerprint density at radius 3 is 2.52 bits per heavy atom. The van der Waals surface area contributed by atoms with Crippen molar-refractivity contribution in [2.75, 3.05) is 10.6 Å². The van der Waals surface area contributed by atoms with Gasteiger partial charge in [-0.25, -0.2) is 0 Å². The van der Waals surface area contributed by atoms with E-state index in [9.17, 15) is 10.1 Å². The number of halogens is 2. The van der Waals surface area contributed by atoms with Gasteiger partial charge in [0.25, 0.3) is 5.91 Å². The number of benzene rings is 2. The van der Waals surface area contributed by atoms with Gasteiger partial charge in [-0.2, -0.15) is 5.26 Å². The van der Waals surface area contributed by atoms with Crippen LogP contribution in [0.5, 0.6) is 0 Å². The lowest BCUT2D eigenvalue weighted by Gasteiger charge is -2.13. The molecule has 4 nitrogen and oxygen atoms in total. The van der Waals surface area contributed by atoms with E-state index >= 15 is 0 Å². The highest BCUT2D eigenvalue weighted by atomic mass is 35.5. The quantitative estimate of drug-likeness (QED) is 0.531. The minimum absolute atomic E-state index is 0.0513. The molecule has 2 N–H and O–H groups in total. The number of anilines is 2. The minimum Gasteiger partial charge on any atom is -0.360 e.